The van der Waals surface area contributed by atoms with E-state index < -0.39 is 5.41 Å². The molecule has 1 aromatic carbocycles. The van der Waals surface area contributed by atoms with Crippen LogP contribution in [0.5, 0.6) is 0 Å². The Labute approximate surface area is 105 Å². The van der Waals surface area contributed by atoms with E-state index in [9.17, 15) is 10.2 Å². The van der Waals surface area contributed by atoms with E-state index in [1.807, 2.05) is 24.3 Å². The van der Waals surface area contributed by atoms with E-state index in [2.05, 4.69) is 29.8 Å². The van der Waals surface area contributed by atoms with Gasteiger partial charge in [0.2, 0.25) is 0 Å². The van der Waals surface area contributed by atoms with Gasteiger partial charge in [-0.2, -0.15) is 0 Å². The Balaban J connectivity index is 3.09. The smallest absolute Gasteiger partial charge is 0.0550 e. The van der Waals surface area contributed by atoms with Crippen LogP contribution in [0.2, 0.25) is 0 Å². The van der Waals surface area contributed by atoms with Gasteiger partial charge in [0, 0.05) is 9.89 Å². The number of hydrogen-bond donors (Lipinski definition) is 2. The van der Waals surface area contributed by atoms with Crippen molar-refractivity contribution in [3.05, 3.63) is 34.3 Å². The summed E-state index contributed by atoms with van der Waals surface area (Å²) in [7, 11) is 0. The first-order valence-electron chi connectivity index (χ1n) is 5.52. The fourth-order valence-corrected chi connectivity index (χ4v) is 2.48. The fourth-order valence-electron chi connectivity index (χ4n) is 2.08. The molecule has 0 saturated carbocycles. The third-order valence-electron chi connectivity index (χ3n) is 2.84. The molecule has 1 aromatic rings. The van der Waals surface area contributed by atoms with Crippen LogP contribution in [-0.4, -0.2) is 23.4 Å². The number of halogens is 1. The number of hydrogen-bond acceptors (Lipinski definition) is 2. The molecular formula is C13H19BrO2. The lowest BCUT2D eigenvalue weighted by Gasteiger charge is -2.32. The van der Waals surface area contributed by atoms with Crippen molar-refractivity contribution in [3.63, 3.8) is 0 Å². The average Bonchev–Trinajstić information content (AvgIpc) is 2.25. The van der Waals surface area contributed by atoms with Gasteiger partial charge in [-0.25, -0.2) is 0 Å². The van der Waals surface area contributed by atoms with Gasteiger partial charge in [0.05, 0.1) is 13.2 Å². The molecule has 0 aliphatic heterocycles. The molecule has 0 aromatic heterocycles. The second kappa shape index (κ2) is 5.80. The first kappa shape index (κ1) is 13.7. The molecule has 0 radical (unpaired) electrons. The minimum atomic E-state index is -0.530. The Bertz CT molecular complexity index is 332. The minimum absolute atomic E-state index is 0.0296. The number of aliphatic hydroxyl groups is 2. The monoisotopic (exact) mass is 286 g/mol. The van der Waals surface area contributed by atoms with Gasteiger partial charge in [-0.05, 0) is 30.0 Å². The zero-order valence-electron chi connectivity index (χ0n) is 9.78. The zero-order chi connectivity index (χ0) is 12.2. The summed E-state index contributed by atoms with van der Waals surface area (Å²) < 4.78 is 0.972. The molecule has 0 saturated heterocycles. The summed E-state index contributed by atoms with van der Waals surface area (Å²) in [5, 5.41) is 19.2. The van der Waals surface area contributed by atoms with Crippen molar-refractivity contribution < 1.29 is 10.2 Å². The van der Waals surface area contributed by atoms with Gasteiger partial charge in [-0.15, -0.1) is 0 Å². The summed E-state index contributed by atoms with van der Waals surface area (Å²) in [6, 6.07) is 7.80. The van der Waals surface area contributed by atoms with Crippen LogP contribution >= 0.6 is 15.9 Å². The molecule has 0 spiro atoms. The van der Waals surface area contributed by atoms with Crippen molar-refractivity contribution in [1.29, 1.82) is 0 Å². The Hall–Kier alpha value is -0.380. The molecule has 0 atom stereocenters. The van der Waals surface area contributed by atoms with Gasteiger partial charge in [0.1, 0.15) is 0 Å². The van der Waals surface area contributed by atoms with Gasteiger partial charge in [-0.3, -0.25) is 0 Å². The SMILES string of the molecule is CC(C)CC(CO)(CO)c1cccc(Br)c1. The first-order chi connectivity index (χ1) is 7.54. The molecule has 0 heterocycles. The molecule has 0 aliphatic carbocycles. The van der Waals surface area contributed by atoms with Crippen molar-refractivity contribution in [3.8, 4) is 0 Å². The van der Waals surface area contributed by atoms with Crippen LogP contribution in [0.15, 0.2) is 28.7 Å². The van der Waals surface area contributed by atoms with Crippen LogP contribution in [0.4, 0.5) is 0 Å². The Morgan fingerprint density at radius 1 is 1.25 bits per heavy atom. The highest BCUT2D eigenvalue weighted by atomic mass is 79.9. The summed E-state index contributed by atoms with van der Waals surface area (Å²) in [5.74, 6) is 0.429. The maximum atomic E-state index is 9.59. The van der Waals surface area contributed by atoms with E-state index >= 15 is 0 Å². The third kappa shape index (κ3) is 3.06. The van der Waals surface area contributed by atoms with Crippen molar-refractivity contribution in [2.45, 2.75) is 25.7 Å². The zero-order valence-corrected chi connectivity index (χ0v) is 11.4. The molecule has 1 rings (SSSR count). The molecular weight excluding hydrogens is 268 g/mol. The number of benzene rings is 1. The normalized spacial score (nSPS) is 12.1. The molecule has 0 aliphatic rings. The predicted molar refractivity (Wildman–Crippen MR) is 69.4 cm³/mol. The van der Waals surface area contributed by atoms with E-state index in [-0.39, 0.29) is 13.2 Å². The van der Waals surface area contributed by atoms with E-state index in [0.717, 1.165) is 16.5 Å². The number of rotatable bonds is 5. The maximum Gasteiger partial charge on any atom is 0.0550 e. The lowest BCUT2D eigenvalue weighted by atomic mass is 9.75. The van der Waals surface area contributed by atoms with Gasteiger partial charge in [0.25, 0.3) is 0 Å². The van der Waals surface area contributed by atoms with Gasteiger partial charge < -0.3 is 10.2 Å². The Morgan fingerprint density at radius 3 is 2.31 bits per heavy atom. The van der Waals surface area contributed by atoms with Crippen molar-refractivity contribution >= 4 is 15.9 Å². The molecule has 0 unspecified atom stereocenters. The quantitative estimate of drug-likeness (QED) is 0.874. The van der Waals surface area contributed by atoms with Crippen LogP contribution in [0.1, 0.15) is 25.8 Å². The summed E-state index contributed by atoms with van der Waals surface area (Å²) >= 11 is 3.42. The third-order valence-corrected chi connectivity index (χ3v) is 3.33. The lowest BCUT2D eigenvalue weighted by Crippen LogP contribution is -2.36. The molecule has 3 heteroatoms. The van der Waals surface area contributed by atoms with Gasteiger partial charge in [0.15, 0.2) is 0 Å². The second-order valence-electron chi connectivity index (χ2n) is 4.70. The molecule has 0 bridgehead atoms. The van der Waals surface area contributed by atoms with Crippen molar-refractivity contribution in [1.82, 2.24) is 0 Å². The highest BCUT2D eigenvalue weighted by Crippen LogP contribution is 2.32. The Morgan fingerprint density at radius 2 is 1.88 bits per heavy atom. The second-order valence-corrected chi connectivity index (χ2v) is 5.62. The number of aliphatic hydroxyl groups excluding tert-OH is 2. The van der Waals surface area contributed by atoms with Gasteiger partial charge >= 0.3 is 0 Å². The highest BCUT2D eigenvalue weighted by Gasteiger charge is 2.31. The largest absolute Gasteiger partial charge is 0.395 e. The van der Waals surface area contributed by atoms with Crippen LogP contribution in [0.3, 0.4) is 0 Å². The van der Waals surface area contributed by atoms with Crippen LogP contribution < -0.4 is 0 Å². The average molecular weight is 287 g/mol. The van der Waals surface area contributed by atoms with E-state index in [0.29, 0.717) is 5.92 Å². The van der Waals surface area contributed by atoms with E-state index in [1.165, 1.54) is 0 Å². The van der Waals surface area contributed by atoms with Crippen LogP contribution in [-0.2, 0) is 5.41 Å². The van der Waals surface area contributed by atoms with Crippen molar-refractivity contribution in [2.24, 2.45) is 5.92 Å². The highest BCUT2D eigenvalue weighted by molar-refractivity contribution is 9.10. The molecule has 2 nitrogen and oxygen atoms in total. The topological polar surface area (TPSA) is 40.5 Å². The lowest BCUT2D eigenvalue weighted by molar-refractivity contribution is 0.0990. The first-order valence-corrected chi connectivity index (χ1v) is 6.31. The standard InChI is InChI=1S/C13H19BrO2/c1-10(2)7-13(8-15,9-16)11-4-3-5-12(14)6-11/h3-6,10,15-16H,7-9H2,1-2H3. The molecule has 90 valence electrons. The maximum absolute atomic E-state index is 9.59. The molecule has 0 amide bonds. The van der Waals surface area contributed by atoms with E-state index in [1.54, 1.807) is 0 Å². The fraction of sp³-hybridized carbons (Fsp3) is 0.538. The van der Waals surface area contributed by atoms with E-state index in [4.69, 9.17) is 0 Å². The molecule has 0 fully saturated rings. The summed E-state index contributed by atoms with van der Waals surface area (Å²) in [6.07, 6.45) is 0.774. The molecule has 16 heavy (non-hydrogen) atoms. The van der Waals surface area contributed by atoms with Crippen molar-refractivity contribution in [2.75, 3.05) is 13.2 Å². The Kier molecular flexibility index (Phi) is 4.96. The van der Waals surface area contributed by atoms with Gasteiger partial charge in [-0.1, -0.05) is 41.9 Å². The van der Waals surface area contributed by atoms with Crippen LogP contribution in [0.25, 0.3) is 0 Å². The predicted octanol–water partition coefficient (Wildman–Crippen LogP) is 2.72. The minimum Gasteiger partial charge on any atom is -0.395 e. The summed E-state index contributed by atoms with van der Waals surface area (Å²) in [4.78, 5) is 0. The van der Waals surface area contributed by atoms with Crippen LogP contribution in [0, 0.1) is 5.92 Å². The summed E-state index contributed by atoms with van der Waals surface area (Å²) in [6.45, 7) is 4.13. The molecule has 2 N–H and O–H groups in total. The summed E-state index contributed by atoms with van der Waals surface area (Å²) in [5.41, 5.74) is 0.457.